The van der Waals surface area contributed by atoms with E-state index < -0.39 is 5.97 Å². The Morgan fingerprint density at radius 3 is 2.86 bits per heavy atom. The van der Waals surface area contributed by atoms with Crippen LogP contribution in [-0.4, -0.2) is 17.6 Å². The highest BCUT2D eigenvalue weighted by molar-refractivity contribution is 5.97. The van der Waals surface area contributed by atoms with Crippen LogP contribution in [0.4, 0.5) is 0 Å². The quantitative estimate of drug-likeness (QED) is 0.492. The Balaban J connectivity index is 2.37. The molecule has 2 heterocycles. The first-order valence-electron chi connectivity index (χ1n) is 6.46. The van der Waals surface area contributed by atoms with E-state index in [-0.39, 0.29) is 5.57 Å². The van der Waals surface area contributed by atoms with Gasteiger partial charge >= 0.3 is 5.97 Å². The van der Waals surface area contributed by atoms with E-state index in [0.29, 0.717) is 6.54 Å². The van der Waals surface area contributed by atoms with E-state index in [0.717, 1.165) is 22.7 Å². The molecule has 5 nitrogen and oxygen atoms in total. The van der Waals surface area contributed by atoms with Gasteiger partial charge in [-0.1, -0.05) is 0 Å². The summed E-state index contributed by atoms with van der Waals surface area (Å²) in [6, 6.07) is 7.54. The number of carbonyl (C=O) groups excluding carboxylic acids is 1. The van der Waals surface area contributed by atoms with Crippen molar-refractivity contribution in [2.24, 2.45) is 0 Å². The summed E-state index contributed by atoms with van der Waals surface area (Å²) >= 11 is 0. The topological polar surface area (TPSA) is 68.2 Å². The highest BCUT2D eigenvalue weighted by Crippen LogP contribution is 2.20. The average molecular weight is 284 g/mol. The maximum atomic E-state index is 11.5. The minimum absolute atomic E-state index is 0.0178. The summed E-state index contributed by atoms with van der Waals surface area (Å²) in [5.74, 6) is 0.217. The zero-order chi connectivity index (χ0) is 15.4. The monoisotopic (exact) mass is 284 g/mol. The van der Waals surface area contributed by atoms with Crippen LogP contribution in [0.15, 0.2) is 34.5 Å². The van der Waals surface area contributed by atoms with Crippen LogP contribution in [-0.2, 0) is 16.1 Å². The van der Waals surface area contributed by atoms with Crippen LogP contribution in [0.3, 0.4) is 0 Å². The molecule has 0 saturated heterocycles. The second-order valence-electron chi connectivity index (χ2n) is 4.65. The molecule has 0 bridgehead atoms. The molecule has 0 aromatic carbocycles. The van der Waals surface area contributed by atoms with E-state index in [4.69, 9.17) is 9.68 Å². The van der Waals surface area contributed by atoms with Gasteiger partial charge in [0.1, 0.15) is 17.4 Å². The minimum atomic E-state index is -0.631. The fourth-order valence-electron chi connectivity index (χ4n) is 2.18. The van der Waals surface area contributed by atoms with Gasteiger partial charge in [0.25, 0.3) is 0 Å². The van der Waals surface area contributed by atoms with Gasteiger partial charge in [-0.05, 0) is 43.7 Å². The molecule has 0 aliphatic heterocycles. The Morgan fingerprint density at radius 2 is 2.29 bits per heavy atom. The summed E-state index contributed by atoms with van der Waals surface area (Å²) in [4.78, 5) is 11.5. The third-order valence-corrected chi connectivity index (χ3v) is 3.33. The van der Waals surface area contributed by atoms with Crippen LogP contribution >= 0.6 is 0 Å². The summed E-state index contributed by atoms with van der Waals surface area (Å²) in [5.41, 5.74) is 2.79. The van der Waals surface area contributed by atoms with Crippen molar-refractivity contribution in [3.8, 4) is 6.07 Å². The normalized spacial score (nSPS) is 11.2. The maximum absolute atomic E-state index is 11.5. The van der Waals surface area contributed by atoms with Crippen LogP contribution < -0.4 is 0 Å². The first-order chi connectivity index (χ1) is 10.1. The molecule has 0 radical (unpaired) electrons. The number of methoxy groups -OCH3 is 1. The van der Waals surface area contributed by atoms with Gasteiger partial charge in [-0.3, -0.25) is 0 Å². The molecular formula is C16H16N2O3. The highest BCUT2D eigenvalue weighted by Gasteiger charge is 2.13. The Morgan fingerprint density at radius 1 is 1.52 bits per heavy atom. The van der Waals surface area contributed by atoms with Crippen molar-refractivity contribution in [1.82, 2.24) is 4.57 Å². The van der Waals surface area contributed by atoms with Crippen molar-refractivity contribution in [2.75, 3.05) is 7.11 Å². The second-order valence-corrected chi connectivity index (χ2v) is 4.65. The number of furan rings is 1. The number of aryl methyl sites for hydroxylation is 1. The lowest BCUT2D eigenvalue weighted by Gasteiger charge is -2.07. The van der Waals surface area contributed by atoms with Crippen molar-refractivity contribution >= 4 is 12.0 Å². The molecule has 0 saturated carbocycles. The summed E-state index contributed by atoms with van der Waals surface area (Å²) in [6.07, 6.45) is 3.18. The number of hydrogen-bond donors (Lipinski definition) is 0. The van der Waals surface area contributed by atoms with E-state index in [1.807, 2.05) is 38.1 Å². The van der Waals surface area contributed by atoms with Crippen molar-refractivity contribution in [2.45, 2.75) is 20.4 Å². The summed E-state index contributed by atoms with van der Waals surface area (Å²) in [6.45, 7) is 4.52. The summed E-state index contributed by atoms with van der Waals surface area (Å²) in [5, 5.41) is 9.02. The van der Waals surface area contributed by atoms with Gasteiger partial charge < -0.3 is 13.7 Å². The number of nitriles is 1. The predicted molar refractivity (Wildman–Crippen MR) is 77.3 cm³/mol. The number of nitrogens with zero attached hydrogens (tertiary/aromatic N) is 2. The molecule has 2 aromatic rings. The predicted octanol–water partition coefficient (Wildman–Crippen LogP) is 2.83. The van der Waals surface area contributed by atoms with Gasteiger partial charge in [0.15, 0.2) is 0 Å². The zero-order valence-corrected chi connectivity index (χ0v) is 12.2. The lowest BCUT2D eigenvalue weighted by Crippen LogP contribution is -2.04. The largest absolute Gasteiger partial charge is 0.467 e. The molecule has 0 fully saturated rings. The van der Waals surface area contributed by atoms with Crippen LogP contribution in [0.2, 0.25) is 0 Å². The number of aromatic nitrogens is 1. The van der Waals surface area contributed by atoms with Crippen molar-refractivity contribution in [1.29, 1.82) is 5.26 Å². The fourth-order valence-corrected chi connectivity index (χ4v) is 2.18. The van der Waals surface area contributed by atoms with Crippen LogP contribution in [0.5, 0.6) is 0 Å². The van der Waals surface area contributed by atoms with E-state index >= 15 is 0 Å². The third-order valence-electron chi connectivity index (χ3n) is 3.33. The molecule has 0 aliphatic rings. The lowest BCUT2D eigenvalue weighted by atomic mass is 10.1. The summed E-state index contributed by atoms with van der Waals surface area (Å²) in [7, 11) is 1.26. The van der Waals surface area contributed by atoms with Gasteiger partial charge in [-0.15, -0.1) is 0 Å². The third kappa shape index (κ3) is 3.06. The van der Waals surface area contributed by atoms with E-state index in [1.54, 1.807) is 12.3 Å². The molecular weight excluding hydrogens is 268 g/mol. The van der Waals surface area contributed by atoms with Gasteiger partial charge in [0.2, 0.25) is 0 Å². The molecule has 0 unspecified atom stereocenters. The zero-order valence-electron chi connectivity index (χ0n) is 12.2. The molecule has 0 N–H and O–H groups in total. The van der Waals surface area contributed by atoms with Gasteiger partial charge in [-0.25, -0.2) is 4.79 Å². The van der Waals surface area contributed by atoms with Crippen LogP contribution in [0, 0.1) is 25.2 Å². The van der Waals surface area contributed by atoms with Crippen LogP contribution in [0.1, 0.15) is 22.7 Å². The van der Waals surface area contributed by atoms with Crippen molar-refractivity contribution < 1.29 is 13.9 Å². The molecule has 2 aromatic heterocycles. The van der Waals surface area contributed by atoms with E-state index in [2.05, 4.69) is 9.30 Å². The van der Waals surface area contributed by atoms with Gasteiger partial charge in [-0.2, -0.15) is 5.26 Å². The van der Waals surface area contributed by atoms with Crippen LogP contribution in [0.25, 0.3) is 6.08 Å². The number of ether oxygens (including phenoxy) is 1. The number of esters is 1. The Hall–Kier alpha value is -2.74. The number of carbonyl (C=O) groups is 1. The fraction of sp³-hybridized carbons (Fsp3) is 0.250. The number of hydrogen-bond acceptors (Lipinski definition) is 4. The summed E-state index contributed by atoms with van der Waals surface area (Å²) < 4.78 is 12.0. The Labute approximate surface area is 123 Å². The molecule has 0 atom stereocenters. The standard InChI is InChI=1S/C16H16N2O3/c1-11-7-13(8-14(9-17)16(19)20-3)12(2)18(11)10-15-5-4-6-21-15/h4-8H,10H2,1-3H3/b14-8+. The molecule has 108 valence electrons. The first kappa shape index (κ1) is 14.7. The van der Waals surface area contributed by atoms with E-state index in [1.165, 1.54) is 7.11 Å². The SMILES string of the molecule is COC(=O)/C(C#N)=C/c1cc(C)n(Cc2ccco2)c1C. The second kappa shape index (κ2) is 6.14. The lowest BCUT2D eigenvalue weighted by molar-refractivity contribution is -0.135. The molecule has 0 spiro atoms. The minimum Gasteiger partial charge on any atom is -0.467 e. The molecule has 2 rings (SSSR count). The molecule has 0 aliphatic carbocycles. The highest BCUT2D eigenvalue weighted by atomic mass is 16.5. The molecule has 0 amide bonds. The molecule has 5 heteroatoms. The van der Waals surface area contributed by atoms with Crippen molar-refractivity contribution in [3.63, 3.8) is 0 Å². The molecule has 21 heavy (non-hydrogen) atoms. The van der Waals surface area contributed by atoms with Gasteiger partial charge in [0.05, 0.1) is 19.9 Å². The smallest absolute Gasteiger partial charge is 0.348 e. The maximum Gasteiger partial charge on any atom is 0.348 e. The van der Waals surface area contributed by atoms with Crippen molar-refractivity contribution in [3.05, 3.63) is 52.7 Å². The first-order valence-corrected chi connectivity index (χ1v) is 6.46. The average Bonchev–Trinajstić information content (AvgIpc) is 3.08. The Bertz CT molecular complexity index is 716. The number of rotatable bonds is 4. The Kier molecular flexibility index (Phi) is 4.29. The van der Waals surface area contributed by atoms with E-state index in [9.17, 15) is 4.79 Å². The van der Waals surface area contributed by atoms with Gasteiger partial charge in [0, 0.05) is 11.4 Å².